The molecule has 20 heavy (non-hydrogen) atoms. The Morgan fingerprint density at radius 1 is 1.25 bits per heavy atom. The zero-order valence-electron chi connectivity index (χ0n) is 12.6. The normalized spacial score (nSPS) is 13.4. The van der Waals surface area contributed by atoms with E-state index in [2.05, 4.69) is 41.0 Å². The fourth-order valence-electron chi connectivity index (χ4n) is 1.67. The van der Waals surface area contributed by atoms with E-state index in [1.165, 1.54) is 0 Å². The van der Waals surface area contributed by atoms with Gasteiger partial charge in [-0.3, -0.25) is 0 Å². The van der Waals surface area contributed by atoms with Crippen LogP contribution in [0.5, 0.6) is 6.01 Å². The Bertz CT molecular complexity index is 435. The second-order valence-electron chi connectivity index (χ2n) is 5.95. The molecule has 0 aliphatic rings. The average molecular weight is 303 g/mol. The topological polar surface area (TPSA) is 80.2 Å². The number of hydrogen-bond donors (Lipinski definition) is 2. The molecule has 0 amide bonds. The Morgan fingerprint density at radius 2 is 1.90 bits per heavy atom. The molecule has 0 saturated heterocycles. The second-order valence-corrected chi connectivity index (χ2v) is 6.29. The molecule has 1 aromatic heterocycles. The molecule has 0 aliphatic heterocycles. The fourth-order valence-corrected chi connectivity index (χ4v) is 1.82. The summed E-state index contributed by atoms with van der Waals surface area (Å²) in [4.78, 5) is 12.2. The highest BCUT2D eigenvalue weighted by Gasteiger charge is 2.25. The van der Waals surface area contributed by atoms with Crippen LogP contribution in [0.3, 0.4) is 0 Å². The number of nitrogens with one attached hydrogen (secondary N) is 1. The van der Waals surface area contributed by atoms with E-state index in [1.54, 1.807) is 0 Å². The summed E-state index contributed by atoms with van der Waals surface area (Å²) in [6.07, 6.45) is 0.546. The van der Waals surface area contributed by atoms with Crippen molar-refractivity contribution in [3.05, 3.63) is 5.28 Å². The van der Waals surface area contributed by atoms with Crippen LogP contribution >= 0.6 is 11.6 Å². The van der Waals surface area contributed by atoms with Gasteiger partial charge in [-0.1, -0.05) is 20.8 Å². The lowest BCUT2D eigenvalue weighted by Gasteiger charge is -2.31. The van der Waals surface area contributed by atoms with Gasteiger partial charge in [0.15, 0.2) is 0 Å². The van der Waals surface area contributed by atoms with Crippen LogP contribution in [-0.2, 0) is 0 Å². The maximum Gasteiger partial charge on any atom is 0.322 e. The van der Waals surface area contributed by atoms with Gasteiger partial charge in [0.05, 0.1) is 6.10 Å². The molecular weight excluding hydrogens is 280 g/mol. The van der Waals surface area contributed by atoms with Crippen LogP contribution in [0.2, 0.25) is 5.28 Å². The van der Waals surface area contributed by atoms with E-state index < -0.39 is 0 Å². The van der Waals surface area contributed by atoms with Crippen molar-refractivity contribution in [3.63, 3.8) is 0 Å². The molecule has 0 saturated carbocycles. The van der Waals surface area contributed by atoms with Gasteiger partial charge in [0.25, 0.3) is 0 Å². The summed E-state index contributed by atoms with van der Waals surface area (Å²) in [5.41, 5.74) is -0.0547. The third-order valence-electron chi connectivity index (χ3n) is 2.70. The summed E-state index contributed by atoms with van der Waals surface area (Å²) >= 11 is 5.88. The average Bonchev–Trinajstić information content (AvgIpc) is 2.25. The van der Waals surface area contributed by atoms with Crippen molar-refractivity contribution in [2.75, 3.05) is 11.9 Å². The lowest BCUT2D eigenvalue weighted by Crippen LogP contribution is -2.35. The third kappa shape index (κ3) is 5.46. The van der Waals surface area contributed by atoms with Crippen molar-refractivity contribution in [2.45, 2.75) is 53.2 Å². The minimum Gasteiger partial charge on any atom is -0.461 e. The lowest BCUT2D eigenvalue weighted by molar-refractivity contribution is 0.220. The summed E-state index contributed by atoms with van der Waals surface area (Å²) in [5.74, 6) is 0.356. The summed E-state index contributed by atoms with van der Waals surface area (Å²) in [6.45, 7) is 10.1. The van der Waals surface area contributed by atoms with E-state index in [1.807, 2.05) is 13.8 Å². The molecule has 0 bridgehead atoms. The molecule has 1 aromatic rings. The Hall–Kier alpha value is -1.14. The molecule has 1 heterocycles. The number of halogens is 1. The van der Waals surface area contributed by atoms with Crippen LogP contribution in [0, 0.1) is 5.41 Å². The van der Waals surface area contributed by atoms with Crippen molar-refractivity contribution < 1.29 is 9.84 Å². The first kappa shape index (κ1) is 16.9. The number of ether oxygens (including phenoxy) is 1. The maximum absolute atomic E-state index is 9.16. The summed E-state index contributed by atoms with van der Waals surface area (Å²) in [5, 5.41) is 12.4. The number of aliphatic hydroxyl groups is 1. The third-order valence-corrected chi connectivity index (χ3v) is 2.86. The molecule has 0 spiro atoms. The quantitative estimate of drug-likeness (QED) is 0.840. The van der Waals surface area contributed by atoms with Gasteiger partial charge >= 0.3 is 6.01 Å². The molecule has 0 aromatic carbocycles. The van der Waals surface area contributed by atoms with Gasteiger partial charge in [-0.05, 0) is 37.3 Å². The predicted octanol–water partition coefficient (Wildman–Crippen LogP) is 2.52. The predicted molar refractivity (Wildman–Crippen MR) is 79.2 cm³/mol. The van der Waals surface area contributed by atoms with Crippen molar-refractivity contribution in [1.82, 2.24) is 15.0 Å². The maximum atomic E-state index is 9.16. The smallest absolute Gasteiger partial charge is 0.322 e. The molecular formula is C13H23ClN4O2. The highest BCUT2D eigenvalue weighted by Crippen LogP contribution is 2.25. The van der Waals surface area contributed by atoms with Crippen LogP contribution in [0.1, 0.15) is 41.0 Å². The van der Waals surface area contributed by atoms with Gasteiger partial charge in [0.2, 0.25) is 11.2 Å². The molecule has 0 fully saturated rings. The standard InChI is InChI=1S/C13H23ClN4O2/c1-8(2)20-12-17-10(14)16-11(18-12)15-9(6-7-19)13(3,4)5/h8-9,19H,6-7H2,1-5H3,(H,15,16,17,18). The van der Waals surface area contributed by atoms with Gasteiger partial charge in [-0.25, -0.2) is 0 Å². The van der Waals surface area contributed by atoms with E-state index in [0.717, 1.165) is 0 Å². The van der Waals surface area contributed by atoms with E-state index in [0.29, 0.717) is 12.4 Å². The SMILES string of the molecule is CC(C)Oc1nc(Cl)nc(NC(CCO)C(C)(C)C)n1. The Kier molecular flexibility index (Phi) is 5.95. The van der Waals surface area contributed by atoms with Gasteiger partial charge in [-0.15, -0.1) is 0 Å². The number of anilines is 1. The fraction of sp³-hybridized carbons (Fsp3) is 0.769. The monoisotopic (exact) mass is 302 g/mol. The summed E-state index contributed by atoms with van der Waals surface area (Å²) < 4.78 is 5.43. The number of aromatic nitrogens is 3. The van der Waals surface area contributed by atoms with Gasteiger partial charge in [0.1, 0.15) is 0 Å². The van der Waals surface area contributed by atoms with Crippen molar-refractivity contribution in [1.29, 1.82) is 0 Å². The molecule has 0 radical (unpaired) electrons. The largest absolute Gasteiger partial charge is 0.461 e. The van der Waals surface area contributed by atoms with Gasteiger partial charge in [-0.2, -0.15) is 15.0 Å². The first-order chi connectivity index (χ1) is 9.22. The minimum atomic E-state index is -0.0547. The summed E-state index contributed by atoms with van der Waals surface area (Å²) in [6, 6.07) is 0.206. The van der Waals surface area contributed by atoms with E-state index >= 15 is 0 Å². The number of nitrogens with zero attached hydrogens (tertiary/aromatic N) is 3. The minimum absolute atomic E-state index is 0.0119. The zero-order valence-corrected chi connectivity index (χ0v) is 13.4. The van der Waals surface area contributed by atoms with Crippen LogP contribution in [0.15, 0.2) is 0 Å². The van der Waals surface area contributed by atoms with Crippen molar-refractivity contribution in [2.24, 2.45) is 5.41 Å². The van der Waals surface area contributed by atoms with Crippen LogP contribution in [-0.4, -0.2) is 38.8 Å². The number of rotatable bonds is 6. The molecule has 1 atom stereocenters. The Labute approximate surface area is 125 Å². The number of hydrogen-bond acceptors (Lipinski definition) is 6. The first-order valence-corrected chi connectivity index (χ1v) is 7.05. The molecule has 7 heteroatoms. The van der Waals surface area contributed by atoms with Crippen LogP contribution < -0.4 is 10.1 Å². The highest BCUT2D eigenvalue weighted by atomic mass is 35.5. The first-order valence-electron chi connectivity index (χ1n) is 6.68. The van der Waals surface area contributed by atoms with Gasteiger partial charge in [0, 0.05) is 12.6 Å². The van der Waals surface area contributed by atoms with Crippen LogP contribution in [0.4, 0.5) is 5.95 Å². The molecule has 0 aliphatic carbocycles. The molecule has 2 N–H and O–H groups in total. The Balaban J connectivity index is 2.92. The van der Waals surface area contributed by atoms with E-state index in [-0.39, 0.29) is 35.5 Å². The van der Waals surface area contributed by atoms with Gasteiger partial charge < -0.3 is 15.2 Å². The Morgan fingerprint density at radius 3 is 2.40 bits per heavy atom. The van der Waals surface area contributed by atoms with Crippen molar-refractivity contribution >= 4 is 17.5 Å². The van der Waals surface area contributed by atoms with Crippen molar-refractivity contribution in [3.8, 4) is 6.01 Å². The molecule has 114 valence electrons. The van der Waals surface area contributed by atoms with E-state index in [9.17, 15) is 0 Å². The second kappa shape index (κ2) is 7.04. The lowest BCUT2D eigenvalue weighted by atomic mass is 9.85. The molecule has 1 unspecified atom stereocenters. The summed E-state index contributed by atoms with van der Waals surface area (Å²) in [7, 11) is 0. The molecule has 6 nitrogen and oxygen atoms in total. The zero-order chi connectivity index (χ0) is 15.3. The number of aliphatic hydroxyl groups excluding tert-OH is 1. The molecule has 1 rings (SSSR count). The van der Waals surface area contributed by atoms with Crippen LogP contribution in [0.25, 0.3) is 0 Å². The highest BCUT2D eigenvalue weighted by molar-refractivity contribution is 6.28. The van der Waals surface area contributed by atoms with E-state index in [4.69, 9.17) is 21.4 Å².